The fourth-order valence-electron chi connectivity index (χ4n) is 2.76. The Labute approximate surface area is 166 Å². The molecular formula is C19H32N4O5. The number of rotatable bonds is 4. The second kappa shape index (κ2) is 8.46. The standard InChI is InChI=1S/C19H32N4O5/c1-8-26-15(24)13-11-23(17(25)27-19(5,6)7)10-9-22(13)12-14-20-16(21-28-14)18(2,3)4/h13H,8-12H2,1-7H3/t13-/m0/s1. The highest BCUT2D eigenvalue weighted by atomic mass is 16.6. The fourth-order valence-corrected chi connectivity index (χ4v) is 2.76. The molecule has 0 saturated carbocycles. The average molecular weight is 396 g/mol. The van der Waals surface area contributed by atoms with Crippen LogP contribution < -0.4 is 0 Å². The number of ether oxygens (including phenoxy) is 2. The Balaban J connectivity index is 2.12. The first-order chi connectivity index (χ1) is 12.9. The third-order valence-corrected chi connectivity index (χ3v) is 4.18. The summed E-state index contributed by atoms with van der Waals surface area (Å²) in [6.45, 7) is 14.9. The molecule has 0 N–H and O–H groups in total. The number of nitrogens with zero attached hydrogens (tertiary/aromatic N) is 4. The van der Waals surface area contributed by atoms with E-state index in [0.717, 1.165) is 0 Å². The maximum absolute atomic E-state index is 12.5. The van der Waals surface area contributed by atoms with Crippen LogP contribution in [0.2, 0.25) is 0 Å². The zero-order chi connectivity index (χ0) is 21.1. The average Bonchev–Trinajstić information content (AvgIpc) is 3.02. The first kappa shape index (κ1) is 22.1. The monoisotopic (exact) mass is 396 g/mol. The molecule has 1 aromatic rings. The predicted molar refractivity (Wildman–Crippen MR) is 102 cm³/mol. The van der Waals surface area contributed by atoms with Gasteiger partial charge in [0.25, 0.3) is 0 Å². The quantitative estimate of drug-likeness (QED) is 0.715. The molecule has 0 unspecified atom stereocenters. The van der Waals surface area contributed by atoms with E-state index in [9.17, 15) is 9.59 Å². The lowest BCUT2D eigenvalue weighted by molar-refractivity contribution is -0.152. The van der Waals surface area contributed by atoms with Gasteiger partial charge >= 0.3 is 12.1 Å². The molecule has 2 rings (SSSR count). The molecule has 0 aromatic carbocycles. The highest BCUT2D eigenvalue weighted by Gasteiger charge is 2.37. The van der Waals surface area contributed by atoms with Gasteiger partial charge in [-0.15, -0.1) is 0 Å². The summed E-state index contributed by atoms with van der Waals surface area (Å²) in [5.41, 5.74) is -0.821. The number of piperazine rings is 1. The van der Waals surface area contributed by atoms with E-state index in [-0.39, 0.29) is 24.5 Å². The second-order valence-corrected chi connectivity index (χ2v) is 8.93. The minimum absolute atomic E-state index is 0.189. The SMILES string of the molecule is CCOC(=O)[C@@H]1CN(C(=O)OC(C)(C)C)CCN1Cc1nc(C(C)(C)C)no1. The summed E-state index contributed by atoms with van der Waals surface area (Å²) >= 11 is 0. The van der Waals surface area contributed by atoms with Crippen molar-refractivity contribution in [2.45, 2.75) is 72.1 Å². The van der Waals surface area contributed by atoms with Crippen LogP contribution in [0.25, 0.3) is 0 Å². The lowest BCUT2D eigenvalue weighted by atomic mass is 9.96. The second-order valence-electron chi connectivity index (χ2n) is 8.93. The molecular weight excluding hydrogens is 364 g/mol. The van der Waals surface area contributed by atoms with Crippen molar-refractivity contribution in [3.8, 4) is 0 Å². The maximum atomic E-state index is 12.5. The molecule has 1 fully saturated rings. The lowest BCUT2D eigenvalue weighted by Crippen LogP contribution is -2.58. The summed E-state index contributed by atoms with van der Waals surface area (Å²) < 4.78 is 16.0. The van der Waals surface area contributed by atoms with Crippen molar-refractivity contribution in [3.63, 3.8) is 0 Å². The molecule has 1 atom stereocenters. The molecule has 1 saturated heterocycles. The van der Waals surface area contributed by atoms with Crippen LogP contribution in [0.1, 0.15) is 60.2 Å². The smallest absolute Gasteiger partial charge is 0.410 e. The van der Waals surface area contributed by atoms with E-state index >= 15 is 0 Å². The van der Waals surface area contributed by atoms with Crippen molar-refractivity contribution in [2.75, 3.05) is 26.2 Å². The van der Waals surface area contributed by atoms with Crippen molar-refractivity contribution in [2.24, 2.45) is 0 Å². The van der Waals surface area contributed by atoms with Gasteiger partial charge in [-0.2, -0.15) is 4.98 Å². The molecule has 0 spiro atoms. The molecule has 0 bridgehead atoms. The van der Waals surface area contributed by atoms with Crippen LogP contribution in [-0.4, -0.2) is 69.9 Å². The van der Waals surface area contributed by atoms with E-state index in [1.54, 1.807) is 6.92 Å². The van der Waals surface area contributed by atoms with Crippen LogP contribution in [-0.2, 0) is 26.2 Å². The maximum Gasteiger partial charge on any atom is 0.410 e. The number of carbonyl (C=O) groups is 2. The van der Waals surface area contributed by atoms with E-state index < -0.39 is 17.7 Å². The molecule has 1 amide bonds. The number of esters is 1. The van der Waals surface area contributed by atoms with Crippen LogP contribution in [0.3, 0.4) is 0 Å². The van der Waals surface area contributed by atoms with Gasteiger partial charge in [-0.3, -0.25) is 9.69 Å². The Hall–Kier alpha value is -2.16. The fraction of sp³-hybridized carbons (Fsp3) is 0.789. The summed E-state index contributed by atoms with van der Waals surface area (Å²) in [6.07, 6.45) is -0.436. The first-order valence-corrected chi connectivity index (χ1v) is 9.62. The molecule has 2 heterocycles. The normalized spacial score (nSPS) is 18.8. The molecule has 28 heavy (non-hydrogen) atoms. The molecule has 1 aliphatic heterocycles. The Bertz CT molecular complexity index is 689. The van der Waals surface area contributed by atoms with Crippen LogP contribution in [0.15, 0.2) is 4.52 Å². The summed E-state index contributed by atoms with van der Waals surface area (Å²) in [6, 6.07) is -0.619. The third kappa shape index (κ3) is 5.92. The zero-order valence-corrected chi connectivity index (χ0v) is 17.9. The minimum Gasteiger partial charge on any atom is -0.465 e. The third-order valence-electron chi connectivity index (χ3n) is 4.18. The Morgan fingerprint density at radius 2 is 1.86 bits per heavy atom. The molecule has 1 aliphatic rings. The molecule has 9 heteroatoms. The van der Waals surface area contributed by atoms with Gasteiger partial charge in [-0.1, -0.05) is 25.9 Å². The van der Waals surface area contributed by atoms with Gasteiger partial charge in [0.2, 0.25) is 5.89 Å². The minimum atomic E-state index is -0.619. The number of hydrogen-bond donors (Lipinski definition) is 0. The van der Waals surface area contributed by atoms with Crippen molar-refractivity contribution in [1.82, 2.24) is 19.9 Å². The Morgan fingerprint density at radius 1 is 1.18 bits per heavy atom. The van der Waals surface area contributed by atoms with Gasteiger partial charge in [0, 0.05) is 18.5 Å². The Kier molecular flexibility index (Phi) is 6.69. The van der Waals surface area contributed by atoms with E-state index in [1.165, 1.54) is 4.90 Å². The lowest BCUT2D eigenvalue weighted by Gasteiger charge is -2.39. The Morgan fingerprint density at radius 3 is 2.39 bits per heavy atom. The highest BCUT2D eigenvalue weighted by molar-refractivity contribution is 5.78. The summed E-state index contributed by atoms with van der Waals surface area (Å²) in [7, 11) is 0. The van der Waals surface area contributed by atoms with Crippen molar-refractivity contribution in [1.29, 1.82) is 0 Å². The molecule has 158 valence electrons. The largest absolute Gasteiger partial charge is 0.465 e. The van der Waals surface area contributed by atoms with E-state index in [0.29, 0.717) is 31.3 Å². The van der Waals surface area contributed by atoms with Gasteiger partial charge in [0.15, 0.2) is 5.82 Å². The van der Waals surface area contributed by atoms with E-state index in [4.69, 9.17) is 14.0 Å². The van der Waals surface area contributed by atoms with Crippen LogP contribution >= 0.6 is 0 Å². The molecule has 1 aromatic heterocycles. The number of carbonyl (C=O) groups excluding carboxylic acids is 2. The first-order valence-electron chi connectivity index (χ1n) is 9.62. The van der Waals surface area contributed by atoms with E-state index in [2.05, 4.69) is 10.1 Å². The number of hydrogen-bond acceptors (Lipinski definition) is 8. The molecule has 0 radical (unpaired) electrons. The van der Waals surface area contributed by atoms with Crippen molar-refractivity contribution < 1.29 is 23.6 Å². The van der Waals surface area contributed by atoms with Crippen LogP contribution in [0.5, 0.6) is 0 Å². The summed E-state index contributed by atoms with van der Waals surface area (Å²) in [5.74, 6) is 0.666. The molecule has 9 nitrogen and oxygen atoms in total. The van der Waals surface area contributed by atoms with Crippen LogP contribution in [0.4, 0.5) is 4.79 Å². The van der Waals surface area contributed by atoms with E-state index in [1.807, 2.05) is 46.4 Å². The topological polar surface area (TPSA) is 98.0 Å². The summed E-state index contributed by atoms with van der Waals surface area (Å²) in [5, 5.41) is 4.03. The predicted octanol–water partition coefficient (Wildman–Crippen LogP) is 2.35. The van der Waals surface area contributed by atoms with Gasteiger partial charge in [-0.25, -0.2) is 4.79 Å². The number of amides is 1. The summed E-state index contributed by atoms with van der Waals surface area (Å²) in [4.78, 5) is 32.8. The highest BCUT2D eigenvalue weighted by Crippen LogP contribution is 2.21. The zero-order valence-electron chi connectivity index (χ0n) is 17.9. The van der Waals surface area contributed by atoms with Gasteiger partial charge in [0.05, 0.1) is 19.7 Å². The van der Waals surface area contributed by atoms with Gasteiger partial charge in [-0.05, 0) is 27.7 Å². The van der Waals surface area contributed by atoms with Crippen LogP contribution in [0, 0.1) is 0 Å². The van der Waals surface area contributed by atoms with Gasteiger partial charge in [0.1, 0.15) is 11.6 Å². The van der Waals surface area contributed by atoms with Gasteiger partial charge < -0.3 is 18.9 Å². The van der Waals surface area contributed by atoms with Crippen molar-refractivity contribution in [3.05, 3.63) is 11.7 Å². The molecule has 0 aliphatic carbocycles. The van der Waals surface area contributed by atoms with Crippen molar-refractivity contribution >= 4 is 12.1 Å². The number of aromatic nitrogens is 2.